The molecule has 6 heavy (non-hydrogen) atoms. The van der Waals surface area contributed by atoms with Crippen LogP contribution in [-0.4, -0.2) is 8.80 Å². The van der Waals surface area contributed by atoms with Gasteiger partial charge in [0.1, 0.15) is 0 Å². The zero-order valence-electron chi connectivity index (χ0n) is 5.08. The molecular weight excluding hydrogens is 215 g/mol. The Bertz CT molecular complexity index is 12.3. The average Bonchev–Trinajstić information content (AvgIpc) is 0.811. The molecule has 36 valence electrons. The van der Waals surface area contributed by atoms with Crippen LogP contribution < -0.4 is 0 Å². The summed E-state index contributed by atoms with van der Waals surface area (Å²) in [5.74, 6) is 0. The third kappa shape index (κ3) is 52.9. The van der Waals surface area contributed by atoms with Crippen molar-refractivity contribution in [3.63, 3.8) is 0 Å². The van der Waals surface area contributed by atoms with E-state index in [4.69, 9.17) is 0 Å². The molecule has 0 saturated carbocycles. The van der Waals surface area contributed by atoms with Crippen molar-refractivity contribution >= 4 is 8.80 Å². The van der Waals surface area contributed by atoms with E-state index in [1.165, 1.54) is 0 Å². The van der Waals surface area contributed by atoms with Crippen molar-refractivity contribution in [3.05, 3.63) is 7.43 Å². The normalized spacial score (nSPS) is 6.00. The minimum Gasteiger partial charge on any atom is -0.358 e. The summed E-state index contributed by atoms with van der Waals surface area (Å²) in [7, 11) is 0.120. The second kappa shape index (κ2) is 9.65. The van der Waals surface area contributed by atoms with Gasteiger partial charge in [0.15, 0.2) is 0 Å². The standard InChI is InChI=1S/C3H9Si.CH3.La/c1-4(2)3;;/h1-3H3;1H3;/q;-1;. The number of hydrogen-bond donors (Lipinski definition) is 0. The van der Waals surface area contributed by atoms with Crippen LogP contribution in [0.1, 0.15) is 0 Å². The van der Waals surface area contributed by atoms with E-state index in [1.807, 2.05) is 0 Å². The van der Waals surface area contributed by atoms with Gasteiger partial charge < -0.3 is 7.43 Å². The summed E-state index contributed by atoms with van der Waals surface area (Å²) in [5.41, 5.74) is 0. The van der Waals surface area contributed by atoms with E-state index < -0.39 is 0 Å². The Kier molecular flexibility index (Phi) is 25.2. The second-order valence-electron chi connectivity index (χ2n) is 1.50. The maximum Gasteiger partial charge on any atom is 0.0379 e. The van der Waals surface area contributed by atoms with Crippen LogP contribution in [0.5, 0.6) is 0 Å². The van der Waals surface area contributed by atoms with Crippen molar-refractivity contribution < 1.29 is 35.6 Å². The Morgan fingerprint density at radius 3 is 1.00 bits per heavy atom. The zero-order valence-corrected chi connectivity index (χ0v) is 9.70. The largest absolute Gasteiger partial charge is 0.358 e. The number of rotatable bonds is 0. The van der Waals surface area contributed by atoms with Crippen molar-refractivity contribution in [2.75, 3.05) is 0 Å². The topological polar surface area (TPSA) is 0 Å². The first-order valence-corrected chi connectivity index (χ1v) is 4.50. The summed E-state index contributed by atoms with van der Waals surface area (Å²) in [6, 6.07) is 0. The van der Waals surface area contributed by atoms with E-state index in [0.717, 1.165) is 0 Å². The molecule has 0 unspecified atom stereocenters. The predicted octanol–water partition coefficient (Wildman–Crippen LogP) is 1.82. The van der Waals surface area contributed by atoms with Crippen LogP contribution >= 0.6 is 0 Å². The minimum atomic E-state index is 0. The van der Waals surface area contributed by atoms with Gasteiger partial charge in [-0.1, -0.05) is 19.6 Å². The molecule has 0 amide bonds. The Balaban J connectivity index is -0.0000000450. The monoisotopic (exact) mass is 227 g/mol. The summed E-state index contributed by atoms with van der Waals surface area (Å²) in [5, 5.41) is 0. The van der Waals surface area contributed by atoms with Crippen LogP contribution in [-0.2, 0) is 0 Å². The van der Waals surface area contributed by atoms with E-state index in [9.17, 15) is 0 Å². The molecule has 0 aliphatic rings. The van der Waals surface area contributed by atoms with Gasteiger partial charge in [-0.3, -0.25) is 0 Å². The van der Waals surface area contributed by atoms with Gasteiger partial charge in [0, 0.05) is 44.4 Å². The summed E-state index contributed by atoms with van der Waals surface area (Å²) in [6.07, 6.45) is 0. The molecule has 2 radical (unpaired) electrons. The van der Waals surface area contributed by atoms with Gasteiger partial charge in [-0.05, 0) is 0 Å². The Hall–Kier alpha value is 1.41. The molecule has 0 heterocycles. The van der Waals surface area contributed by atoms with Crippen molar-refractivity contribution in [2.45, 2.75) is 19.6 Å². The van der Waals surface area contributed by atoms with Gasteiger partial charge in [0.25, 0.3) is 0 Å². The first-order valence-electron chi connectivity index (χ1n) is 1.50. The van der Waals surface area contributed by atoms with Crippen LogP contribution in [0.3, 0.4) is 0 Å². The SMILES string of the molecule is C[Si](C)C.[CH3-].[La]. The molecule has 0 aliphatic heterocycles. The smallest absolute Gasteiger partial charge is 0.0379 e. The molecule has 0 fully saturated rings. The fourth-order valence-corrected chi connectivity index (χ4v) is 0. The average molecular weight is 227 g/mol. The molecular formula is C4H12LaSi-. The van der Waals surface area contributed by atoms with E-state index in [0.29, 0.717) is 0 Å². The van der Waals surface area contributed by atoms with Crippen molar-refractivity contribution in [2.24, 2.45) is 0 Å². The van der Waals surface area contributed by atoms with Crippen LogP contribution in [0.2, 0.25) is 19.6 Å². The summed E-state index contributed by atoms with van der Waals surface area (Å²) in [4.78, 5) is 0. The molecule has 0 aliphatic carbocycles. The quantitative estimate of drug-likeness (QED) is 0.437. The van der Waals surface area contributed by atoms with Gasteiger partial charge >= 0.3 is 0 Å². The molecule has 0 saturated heterocycles. The molecule has 0 bridgehead atoms. The molecule has 0 atom stereocenters. The summed E-state index contributed by atoms with van der Waals surface area (Å²) < 4.78 is 0. The maximum absolute atomic E-state index is 2.27. The zero-order chi connectivity index (χ0) is 3.58. The van der Waals surface area contributed by atoms with Crippen molar-refractivity contribution in [1.29, 1.82) is 0 Å². The molecule has 0 rings (SSSR count). The molecule has 0 aromatic rings. The number of hydrogen-bond acceptors (Lipinski definition) is 0. The molecule has 0 nitrogen and oxygen atoms in total. The first-order chi connectivity index (χ1) is 1.73. The Labute approximate surface area is 70.9 Å². The predicted molar refractivity (Wildman–Crippen MR) is 29.8 cm³/mol. The van der Waals surface area contributed by atoms with Gasteiger partial charge in [-0.2, -0.15) is 0 Å². The van der Waals surface area contributed by atoms with Gasteiger partial charge in [0.2, 0.25) is 0 Å². The van der Waals surface area contributed by atoms with Crippen LogP contribution in [0, 0.1) is 43.0 Å². The van der Waals surface area contributed by atoms with E-state index in [-0.39, 0.29) is 51.8 Å². The Morgan fingerprint density at radius 1 is 1.00 bits per heavy atom. The Morgan fingerprint density at radius 2 is 1.00 bits per heavy atom. The van der Waals surface area contributed by atoms with Gasteiger partial charge in [-0.15, -0.1) is 0 Å². The van der Waals surface area contributed by atoms with Gasteiger partial charge in [-0.25, -0.2) is 0 Å². The summed E-state index contributed by atoms with van der Waals surface area (Å²) >= 11 is 0. The molecule has 0 aromatic carbocycles. The van der Waals surface area contributed by atoms with E-state index >= 15 is 0 Å². The van der Waals surface area contributed by atoms with Crippen LogP contribution in [0.4, 0.5) is 0 Å². The van der Waals surface area contributed by atoms with Crippen molar-refractivity contribution in [3.8, 4) is 0 Å². The fraction of sp³-hybridized carbons (Fsp3) is 0.750. The van der Waals surface area contributed by atoms with Crippen LogP contribution in [0.25, 0.3) is 0 Å². The summed E-state index contributed by atoms with van der Waals surface area (Å²) in [6.45, 7) is 6.81. The first kappa shape index (κ1) is 15.7. The van der Waals surface area contributed by atoms with E-state index in [2.05, 4.69) is 19.6 Å². The third-order valence-electron chi connectivity index (χ3n) is 0. The van der Waals surface area contributed by atoms with Gasteiger partial charge in [0.05, 0.1) is 0 Å². The third-order valence-corrected chi connectivity index (χ3v) is 0. The second-order valence-corrected chi connectivity index (χ2v) is 4.50. The molecule has 2 heteroatoms. The fourth-order valence-electron chi connectivity index (χ4n) is 0. The molecule has 0 spiro atoms. The van der Waals surface area contributed by atoms with Crippen molar-refractivity contribution in [1.82, 2.24) is 0 Å². The van der Waals surface area contributed by atoms with Crippen LogP contribution in [0.15, 0.2) is 0 Å². The molecule has 0 aromatic heterocycles. The maximum atomic E-state index is 2.27. The van der Waals surface area contributed by atoms with E-state index in [1.54, 1.807) is 0 Å². The minimum absolute atomic E-state index is 0. The molecule has 0 N–H and O–H groups in total.